The van der Waals surface area contributed by atoms with Gasteiger partial charge in [0.15, 0.2) is 5.75 Å². The number of hydrogen-bond acceptors (Lipinski definition) is 6. The summed E-state index contributed by atoms with van der Waals surface area (Å²) >= 11 is 0. The first-order valence-corrected chi connectivity index (χ1v) is 6.82. The Morgan fingerprint density at radius 2 is 2.24 bits per heavy atom. The lowest BCUT2D eigenvalue weighted by Crippen LogP contribution is -2.52. The van der Waals surface area contributed by atoms with E-state index in [4.69, 9.17) is 4.74 Å². The summed E-state index contributed by atoms with van der Waals surface area (Å²) in [5, 5.41) is 10.9. The van der Waals surface area contributed by atoms with Gasteiger partial charge in [-0.1, -0.05) is 0 Å². The molecule has 1 aromatic rings. The molecule has 1 aliphatic rings. The number of nitro benzene ring substituents is 1. The van der Waals surface area contributed by atoms with E-state index in [-0.39, 0.29) is 17.5 Å². The minimum atomic E-state index is -0.451. The average molecular weight is 293 g/mol. The van der Waals surface area contributed by atoms with E-state index in [2.05, 4.69) is 16.7 Å². The van der Waals surface area contributed by atoms with Gasteiger partial charge in [-0.2, -0.15) is 0 Å². The van der Waals surface area contributed by atoms with Crippen LogP contribution in [0.3, 0.4) is 0 Å². The molecule has 7 nitrogen and oxygen atoms in total. The second-order valence-corrected chi connectivity index (χ2v) is 5.07. The third kappa shape index (κ3) is 3.30. The van der Waals surface area contributed by atoms with Crippen molar-refractivity contribution in [2.75, 3.05) is 38.2 Å². The number of nitro groups is 1. The summed E-state index contributed by atoms with van der Waals surface area (Å²) in [5.74, 6) is 0.264. The molecule has 7 heteroatoms. The van der Waals surface area contributed by atoms with E-state index in [1.807, 2.05) is 0 Å². The number of carbonyl (C=O) groups is 1. The molecular formula is C14H19N3O4. The highest BCUT2D eigenvalue weighted by Crippen LogP contribution is 2.32. The van der Waals surface area contributed by atoms with E-state index in [1.165, 1.54) is 13.2 Å². The number of methoxy groups -OCH3 is 1. The average Bonchev–Trinajstić information content (AvgIpc) is 2.48. The summed E-state index contributed by atoms with van der Waals surface area (Å²) in [5.41, 5.74) is 0.865. The Balaban J connectivity index is 2.16. The molecule has 1 aromatic carbocycles. The lowest BCUT2D eigenvalue weighted by atomic mass is 10.1. The van der Waals surface area contributed by atoms with Gasteiger partial charge in [0.25, 0.3) is 0 Å². The molecule has 1 aliphatic heterocycles. The van der Waals surface area contributed by atoms with Crippen LogP contribution in [-0.4, -0.2) is 55.4 Å². The molecule has 1 heterocycles. The van der Waals surface area contributed by atoms with Gasteiger partial charge >= 0.3 is 5.69 Å². The number of nitrogens with zero attached hydrogens (tertiary/aromatic N) is 3. The molecule has 114 valence electrons. The van der Waals surface area contributed by atoms with Crippen LogP contribution in [0.25, 0.3) is 0 Å². The van der Waals surface area contributed by atoms with Crippen LogP contribution in [-0.2, 0) is 4.79 Å². The van der Waals surface area contributed by atoms with Crippen LogP contribution in [0, 0.1) is 10.1 Å². The van der Waals surface area contributed by atoms with Crippen molar-refractivity contribution in [3.63, 3.8) is 0 Å². The summed E-state index contributed by atoms with van der Waals surface area (Å²) in [6, 6.07) is 5.16. The predicted octanol–water partition coefficient (Wildman–Crippen LogP) is 1.31. The zero-order chi connectivity index (χ0) is 15.4. The van der Waals surface area contributed by atoms with Crippen molar-refractivity contribution in [2.24, 2.45) is 0 Å². The van der Waals surface area contributed by atoms with Gasteiger partial charge in [-0.15, -0.1) is 0 Å². The highest BCUT2D eigenvalue weighted by Gasteiger charge is 2.25. The molecule has 1 saturated heterocycles. The van der Waals surface area contributed by atoms with Crippen molar-refractivity contribution in [3.05, 3.63) is 28.3 Å². The van der Waals surface area contributed by atoms with Gasteiger partial charge < -0.3 is 14.4 Å². The monoisotopic (exact) mass is 293 g/mol. The fourth-order valence-corrected chi connectivity index (χ4v) is 2.61. The lowest BCUT2D eigenvalue weighted by Gasteiger charge is -2.40. The molecule has 0 N–H and O–H groups in total. The van der Waals surface area contributed by atoms with Crippen molar-refractivity contribution >= 4 is 17.7 Å². The third-order valence-electron chi connectivity index (χ3n) is 3.80. The highest BCUT2D eigenvalue weighted by molar-refractivity contribution is 5.59. The minimum absolute atomic E-state index is 0.0334. The maximum absolute atomic E-state index is 10.9. The number of benzene rings is 1. The lowest BCUT2D eigenvalue weighted by molar-refractivity contribution is -0.385. The molecule has 1 atom stereocenters. The standard InChI is InChI=1S/C14H19N3O4/c1-11-10-16(6-5-15(11)7-8-18)12-3-4-13(17(19)20)14(9-12)21-2/h3-4,8-9,11H,5-7,10H2,1-2H3. The first-order chi connectivity index (χ1) is 10.1. The van der Waals surface area contributed by atoms with Crippen molar-refractivity contribution in [1.29, 1.82) is 0 Å². The van der Waals surface area contributed by atoms with Gasteiger partial charge in [-0.05, 0) is 13.0 Å². The van der Waals surface area contributed by atoms with Gasteiger partial charge in [0, 0.05) is 43.5 Å². The van der Waals surface area contributed by atoms with E-state index in [9.17, 15) is 14.9 Å². The van der Waals surface area contributed by atoms with Crippen molar-refractivity contribution in [1.82, 2.24) is 4.90 Å². The van der Waals surface area contributed by atoms with Gasteiger partial charge in [0.05, 0.1) is 18.6 Å². The van der Waals surface area contributed by atoms with Crippen LogP contribution < -0.4 is 9.64 Å². The van der Waals surface area contributed by atoms with Crippen molar-refractivity contribution in [2.45, 2.75) is 13.0 Å². The second-order valence-electron chi connectivity index (χ2n) is 5.07. The van der Waals surface area contributed by atoms with Crippen LogP contribution in [0.2, 0.25) is 0 Å². The normalized spacial score (nSPS) is 19.3. The van der Waals surface area contributed by atoms with Crippen LogP contribution in [0.5, 0.6) is 5.75 Å². The van der Waals surface area contributed by atoms with Crippen LogP contribution in [0.1, 0.15) is 6.92 Å². The fourth-order valence-electron chi connectivity index (χ4n) is 2.61. The first-order valence-electron chi connectivity index (χ1n) is 6.82. The number of piperazine rings is 1. The Kier molecular flexibility index (Phi) is 4.74. The van der Waals surface area contributed by atoms with Crippen LogP contribution in [0.15, 0.2) is 18.2 Å². The fraction of sp³-hybridized carbons (Fsp3) is 0.500. The maximum atomic E-state index is 10.9. The first kappa shape index (κ1) is 15.2. The molecule has 0 saturated carbocycles. The topological polar surface area (TPSA) is 75.9 Å². The van der Waals surface area contributed by atoms with Crippen molar-refractivity contribution in [3.8, 4) is 5.75 Å². The zero-order valence-electron chi connectivity index (χ0n) is 12.2. The Hall–Kier alpha value is -2.15. The molecule has 0 radical (unpaired) electrons. The van der Waals surface area contributed by atoms with E-state index in [0.29, 0.717) is 6.54 Å². The van der Waals surface area contributed by atoms with Gasteiger partial charge in [-0.3, -0.25) is 15.0 Å². The Labute approximate surface area is 123 Å². The zero-order valence-corrected chi connectivity index (χ0v) is 12.2. The Morgan fingerprint density at radius 3 is 2.81 bits per heavy atom. The molecule has 0 aromatic heterocycles. The molecule has 1 fully saturated rings. The summed E-state index contributed by atoms with van der Waals surface area (Å²) in [6.45, 7) is 4.85. The predicted molar refractivity (Wildman–Crippen MR) is 79.0 cm³/mol. The van der Waals surface area contributed by atoms with Gasteiger partial charge in [-0.25, -0.2) is 0 Å². The van der Waals surface area contributed by atoms with E-state index < -0.39 is 4.92 Å². The van der Waals surface area contributed by atoms with E-state index >= 15 is 0 Å². The molecule has 2 rings (SSSR count). The SMILES string of the molecule is COc1cc(N2CCN(CC=O)C(C)C2)ccc1[N+](=O)[O-]. The summed E-state index contributed by atoms with van der Waals surface area (Å²) < 4.78 is 5.10. The number of rotatable bonds is 5. The number of carbonyl (C=O) groups excluding carboxylic acids is 1. The number of hydrogen-bond donors (Lipinski definition) is 0. The number of aldehydes is 1. The van der Waals surface area contributed by atoms with Crippen LogP contribution >= 0.6 is 0 Å². The van der Waals surface area contributed by atoms with Gasteiger partial charge in [0.2, 0.25) is 0 Å². The minimum Gasteiger partial charge on any atom is -0.490 e. The number of anilines is 1. The highest BCUT2D eigenvalue weighted by atomic mass is 16.6. The van der Waals surface area contributed by atoms with E-state index in [1.54, 1.807) is 12.1 Å². The molecule has 0 aliphatic carbocycles. The third-order valence-corrected chi connectivity index (χ3v) is 3.80. The molecule has 0 amide bonds. The van der Waals surface area contributed by atoms with Crippen molar-refractivity contribution < 1.29 is 14.5 Å². The summed E-state index contributed by atoms with van der Waals surface area (Å²) in [6.07, 6.45) is 0.918. The Morgan fingerprint density at radius 1 is 1.48 bits per heavy atom. The molecule has 0 bridgehead atoms. The molecule has 0 spiro atoms. The smallest absolute Gasteiger partial charge is 0.311 e. The summed E-state index contributed by atoms with van der Waals surface area (Å²) in [4.78, 5) is 25.3. The molecular weight excluding hydrogens is 274 g/mol. The summed E-state index contributed by atoms with van der Waals surface area (Å²) in [7, 11) is 1.43. The molecule has 21 heavy (non-hydrogen) atoms. The van der Waals surface area contributed by atoms with Gasteiger partial charge in [0.1, 0.15) is 6.29 Å². The van der Waals surface area contributed by atoms with Crippen LogP contribution in [0.4, 0.5) is 11.4 Å². The molecule has 1 unspecified atom stereocenters. The quantitative estimate of drug-likeness (QED) is 0.463. The second kappa shape index (κ2) is 6.53. The maximum Gasteiger partial charge on any atom is 0.311 e. The Bertz CT molecular complexity index is 535. The largest absolute Gasteiger partial charge is 0.490 e. The number of ether oxygens (including phenoxy) is 1. The van der Waals surface area contributed by atoms with E-state index in [0.717, 1.165) is 31.6 Å².